The zero-order chi connectivity index (χ0) is 59.8. The van der Waals surface area contributed by atoms with Crippen LogP contribution >= 0.6 is 7.82 Å². The number of unbranched alkanes of at least 4 members (excludes halogenated alkanes) is 21. The maximum absolute atomic E-state index is 13.0. The van der Waals surface area contributed by atoms with Crippen LogP contribution in [0.3, 0.4) is 0 Å². The van der Waals surface area contributed by atoms with Crippen molar-refractivity contribution in [2.24, 2.45) is 0 Å². The zero-order valence-electron chi connectivity index (χ0n) is 53.1. The van der Waals surface area contributed by atoms with Crippen molar-refractivity contribution in [2.75, 3.05) is 40.9 Å². The molecule has 0 saturated carbocycles. The maximum Gasteiger partial charge on any atom is 0.268 e. The smallest absolute Gasteiger partial charge is 0.268 e. The molecule has 0 aromatic rings. The second-order valence-electron chi connectivity index (χ2n) is 22.7. The van der Waals surface area contributed by atoms with E-state index in [1.165, 1.54) is 116 Å². The minimum atomic E-state index is -4.64. The van der Waals surface area contributed by atoms with Gasteiger partial charge in [-0.05, 0) is 122 Å². The number of hydrogen-bond acceptors (Lipinski definition) is 6. The molecule has 8 nitrogen and oxygen atoms in total. The standard InChI is InChI=1S/C73H123N2O6P/c1-6-8-10-12-14-16-18-20-22-24-26-28-30-32-34-35-36-37-38-39-41-43-45-47-49-51-53-55-57-59-61-63-65-67-73(77)74-71(70-81-82(78,79)80-69-68-75(3,4)5)72(76)66-64-62-60-58-56-54-52-50-48-46-44-42-40-33-31-29-27-25-23-21-19-17-15-13-11-9-7-2/h8,10,14,16,20,22,26,28,32,34,36-37,39,41,45,47-48,50-51,53,56-59,64,66,71-72,76H,6-7,9,11-13,15,17-19,21,23-25,27,29-31,33,35,38,40,42-44,46,49,52,54-55,60-63,65,67-70H2,1-5H3,(H-,74,77,78,79)/b10-8-,16-14-,22-20-,28-26-,34-32-,37-36-,41-39-,47-45-,50-48+,53-51-,58-56+,59-57-,66-64+. The molecule has 3 unspecified atom stereocenters. The van der Waals surface area contributed by atoms with Gasteiger partial charge in [0.2, 0.25) is 5.91 Å². The number of amides is 1. The summed E-state index contributed by atoms with van der Waals surface area (Å²) in [5.74, 6) is -0.259. The monoisotopic (exact) mass is 1150 g/mol. The first kappa shape index (κ1) is 78.1. The van der Waals surface area contributed by atoms with E-state index in [-0.39, 0.29) is 18.9 Å². The van der Waals surface area contributed by atoms with Crippen molar-refractivity contribution in [3.63, 3.8) is 0 Å². The van der Waals surface area contributed by atoms with E-state index in [9.17, 15) is 19.4 Å². The number of nitrogens with zero attached hydrogens (tertiary/aromatic N) is 1. The van der Waals surface area contributed by atoms with Crippen LogP contribution in [-0.2, 0) is 18.4 Å². The second-order valence-corrected chi connectivity index (χ2v) is 24.1. The minimum Gasteiger partial charge on any atom is -0.756 e. The Morgan fingerprint density at radius 2 is 0.756 bits per heavy atom. The molecule has 0 fully saturated rings. The molecule has 0 aliphatic carbocycles. The van der Waals surface area contributed by atoms with Gasteiger partial charge in [-0.2, -0.15) is 0 Å². The molecule has 0 aliphatic heterocycles. The Hall–Kier alpha value is -3.88. The van der Waals surface area contributed by atoms with Crippen LogP contribution in [0.15, 0.2) is 158 Å². The molecule has 0 radical (unpaired) electrons. The van der Waals surface area contributed by atoms with Gasteiger partial charge in [-0.3, -0.25) is 9.36 Å². The van der Waals surface area contributed by atoms with Crippen LogP contribution in [0.4, 0.5) is 0 Å². The van der Waals surface area contributed by atoms with E-state index in [1.807, 2.05) is 27.2 Å². The fourth-order valence-electron chi connectivity index (χ4n) is 8.62. The molecule has 3 atom stereocenters. The lowest BCUT2D eigenvalue weighted by molar-refractivity contribution is -0.870. The molecule has 0 aliphatic rings. The number of carbonyl (C=O) groups excluding carboxylic acids is 1. The van der Waals surface area contributed by atoms with Crippen molar-refractivity contribution in [3.8, 4) is 0 Å². The van der Waals surface area contributed by atoms with Gasteiger partial charge in [-0.25, -0.2) is 0 Å². The van der Waals surface area contributed by atoms with E-state index < -0.39 is 26.6 Å². The van der Waals surface area contributed by atoms with Crippen LogP contribution in [0.5, 0.6) is 0 Å². The highest BCUT2D eigenvalue weighted by Gasteiger charge is 2.23. The Balaban J connectivity index is 4.35. The van der Waals surface area contributed by atoms with Crippen molar-refractivity contribution in [3.05, 3.63) is 158 Å². The van der Waals surface area contributed by atoms with Crippen LogP contribution in [-0.4, -0.2) is 68.5 Å². The number of aliphatic hydroxyl groups excluding tert-OH is 1. The van der Waals surface area contributed by atoms with E-state index in [0.29, 0.717) is 23.9 Å². The molecule has 0 rings (SSSR count). The quantitative estimate of drug-likeness (QED) is 0.0272. The van der Waals surface area contributed by atoms with Crippen molar-refractivity contribution < 1.29 is 32.9 Å². The number of aliphatic hydroxyl groups is 1. The summed E-state index contributed by atoms with van der Waals surface area (Å²) in [5.41, 5.74) is 0. The largest absolute Gasteiger partial charge is 0.756 e. The highest BCUT2D eigenvalue weighted by Crippen LogP contribution is 2.38. The van der Waals surface area contributed by atoms with Crippen LogP contribution in [0, 0.1) is 0 Å². The van der Waals surface area contributed by atoms with Crippen LogP contribution in [0.25, 0.3) is 0 Å². The summed E-state index contributed by atoms with van der Waals surface area (Å²) in [6.07, 6.45) is 96.4. The van der Waals surface area contributed by atoms with Crippen LogP contribution < -0.4 is 10.2 Å². The molecule has 0 aromatic carbocycles. The lowest BCUT2D eigenvalue weighted by Gasteiger charge is -2.29. The average Bonchev–Trinajstić information content (AvgIpc) is 3.47. The number of phosphoric ester groups is 1. The maximum atomic E-state index is 13.0. The summed E-state index contributed by atoms with van der Waals surface area (Å²) in [6.45, 7) is 4.47. The normalized spacial score (nSPS) is 14.8. The molecule has 0 spiro atoms. The van der Waals surface area contributed by atoms with Crippen molar-refractivity contribution in [2.45, 2.75) is 257 Å². The minimum absolute atomic E-state index is 0.0268. The van der Waals surface area contributed by atoms with Crippen molar-refractivity contribution in [1.82, 2.24) is 5.32 Å². The van der Waals surface area contributed by atoms with Gasteiger partial charge in [-0.1, -0.05) is 275 Å². The van der Waals surface area contributed by atoms with E-state index in [2.05, 4.69) is 165 Å². The summed E-state index contributed by atoms with van der Waals surface area (Å²) < 4.78 is 23.4. The predicted octanol–water partition coefficient (Wildman–Crippen LogP) is 20.4. The fraction of sp³-hybridized carbons (Fsp3) is 0.630. The van der Waals surface area contributed by atoms with Crippen molar-refractivity contribution >= 4 is 13.7 Å². The number of quaternary nitrogens is 1. The Labute approximate surface area is 505 Å². The van der Waals surface area contributed by atoms with Gasteiger partial charge < -0.3 is 28.8 Å². The third kappa shape index (κ3) is 63.7. The predicted molar refractivity (Wildman–Crippen MR) is 357 cm³/mol. The summed E-state index contributed by atoms with van der Waals surface area (Å²) in [6, 6.07) is -0.948. The Bertz CT molecular complexity index is 1890. The second kappa shape index (κ2) is 61.7. The van der Waals surface area contributed by atoms with Crippen LogP contribution in [0.2, 0.25) is 0 Å². The molecule has 1 amide bonds. The van der Waals surface area contributed by atoms with Crippen LogP contribution in [0.1, 0.15) is 245 Å². The number of allylic oxidation sites excluding steroid dienone is 25. The molecular formula is C73H123N2O6P. The average molecular weight is 1160 g/mol. The lowest BCUT2D eigenvalue weighted by Crippen LogP contribution is -2.45. The summed E-state index contributed by atoms with van der Waals surface area (Å²) in [4.78, 5) is 25.6. The summed E-state index contributed by atoms with van der Waals surface area (Å²) in [5, 5.41) is 13.9. The first-order chi connectivity index (χ1) is 40.0. The van der Waals surface area contributed by atoms with Gasteiger partial charge >= 0.3 is 0 Å². The molecule has 82 heavy (non-hydrogen) atoms. The molecule has 9 heteroatoms. The Morgan fingerprint density at radius 3 is 1.13 bits per heavy atom. The molecular weight excluding hydrogens is 1030 g/mol. The van der Waals surface area contributed by atoms with E-state index in [0.717, 1.165) is 96.3 Å². The number of nitrogens with one attached hydrogen (secondary N) is 1. The number of carbonyl (C=O) groups is 1. The van der Waals surface area contributed by atoms with E-state index >= 15 is 0 Å². The SMILES string of the molecule is CC/C=C\C/C=C\C/C=C\C/C=C\C/C=C\C/C=C\C/C=C\C/C=C\C/C=C\C/C=C\CCCCC(=O)NC(COP(=O)([O-])OCC[N+](C)(C)C)C(O)/C=C/CC/C=C/CC/C=C/CCCCCCCCCCCCCCCCCCC. The molecule has 0 aromatic heterocycles. The summed E-state index contributed by atoms with van der Waals surface area (Å²) >= 11 is 0. The van der Waals surface area contributed by atoms with Gasteiger partial charge in [0.25, 0.3) is 7.82 Å². The third-order valence-electron chi connectivity index (χ3n) is 13.7. The molecule has 0 heterocycles. The van der Waals surface area contributed by atoms with Gasteiger partial charge in [0.1, 0.15) is 13.2 Å². The zero-order valence-corrected chi connectivity index (χ0v) is 54.0. The Kier molecular flexibility index (Phi) is 58.8. The Morgan fingerprint density at radius 1 is 0.439 bits per heavy atom. The number of rotatable bonds is 58. The fourth-order valence-corrected chi connectivity index (χ4v) is 9.35. The van der Waals surface area contributed by atoms with Crippen molar-refractivity contribution in [1.29, 1.82) is 0 Å². The van der Waals surface area contributed by atoms with Gasteiger partial charge in [0, 0.05) is 6.42 Å². The van der Waals surface area contributed by atoms with Gasteiger partial charge in [0.05, 0.1) is 39.9 Å². The van der Waals surface area contributed by atoms with Gasteiger partial charge in [-0.15, -0.1) is 0 Å². The lowest BCUT2D eigenvalue weighted by atomic mass is 10.0. The molecule has 2 N–H and O–H groups in total. The molecule has 466 valence electrons. The highest BCUT2D eigenvalue weighted by molar-refractivity contribution is 7.45. The number of hydrogen-bond donors (Lipinski definition) is 2. The van der Waals surface area contributed by atoms with E-state index in [4.69, 9.17) is 9.05 Å². The third-order valence-corrected chi connectivity index (χ3v) is 14.7. The highest BCUT2D eigenvalue weighted by atomic mass is 31.2. The first-order valence-electron chi connectivity index (χ1n) is 32.8. The topological polar surface area (TPSA) is 108 Å². The molecule has 0 saturated heterocycles. The van der Waals surface area contributed by atoms with E-state index in [1.54, 1.807) is 6.08 Å². The molecule has 0 bridgehead atoms. The van der Waals surface area contributed by atoms with Gasteiger partial charge in [0.15, 0.2) is 0 Å². The number of likely N-dealkylation sites (N-methyl/N-ethyl adjacent to an activating group) is 1. The summed E-state index contributed by atoms with van der Waals surface area (Å²) in [7, 11) is 1.18. The number of phosphoric acid groups is 1. The first-order valence-corrected chi connectivity index (χ1v) is 34.3.